The van der Waals surface area contributed by atoms with Crippen LogP contribution in [-0.4, -0.2) is 22.8 Å². The summed E-state index contributed by atoms with van der Waals surface area (Å²) in [6.07, 6.45) is 14.3. The lowest BCUT2D eigenvalue weighted by atomic mass is 10.1. The first-order valence-electron chi connectivity index (χ1n) is 10.2. The molecule has 0 unspecified atom stereocenters. The Balaban J connectivity index is 1.89. The molecule has 0 bridgehead atoms. The van der Waals surface area contributed by atoms with Crippen LogP contribution in [0.4, 0.5) is 0 Å². The number of methoxy groups -OCH3 is 1. The summed E-state index contributed by atoms with van der Waals surface area (Å²) in [6.45, 7) is 6.50. The molecule has 0 saturated heterocycles. The highest BCUT2D eigenvalue weighted by Crippen LogP contribution is 2.27. The van der Waals surface area contributed by atoms with E-state index in [9.17, 15) is 0 Å². The molecule has 0 amide bonds. The van der Waals surface area contributed by atoms with Gasteiger partial charge in [0.1, 0.15) is 11.5 Å². The van der Waals surface area contributed by atoms with E-state index in [1.165, 1.54) is 42.5 Å². The number of H-pyrrole nitrogens is 2. The van der Waals surface area contributed by atoms with Crippen molar-refractivity contribution in [3.8, 4) is 0 Å². The van der Waals surface area contributed by atoms with E-state index in [1.807, 2.05) is 24.4 Å². The molecule has 3 rings (SSSR count). The molecule has 2 N–H and O–H groups in total. The molecular weight excluding hydrogens is 346 g/mol. The number of ether oxygens (including phenoxy) is 1. The fourth-order valence-electron chi connectivity index (χ4n) is 3.42. The van der Waals surface area contributed by atoms with Gasteiger partial charge in [0.15, 0.2) is 0 Å². The molecule has 28 heavy (non-hydrogen) atoms. The summed E-state index contributed by atoms with van der Waals surface area (Å²) >= 11 is 0. The summed E-state index contributed by atoms with van der Waals surface area (Å²) in [6, 6.07) is 6.26. The molecule has 1 aliphatic rings. The van der Waals surface area contributed by atoms with Gasteiger partial charge in [-0.2, -0.15) is 0 Å². The van der Waals surface area contributed by atoms with Gasteiger partial charge in [-0.05, 0) is 56.5 Å². The third-order valence-electron chi connectivity index (χ3n) is 4.82. The zero-order valence-electron chi connectivity index (χ0n) is 17.4. The van der Waals surface area contributed by atoms with Crippen LogP contribution in [-0.2, 0) is 11.2 Å². The molecule has 4 nitrogen and oxygen atoms in total. The van der Waals surface area contributed by atoms with Crippen LogP contribution in [0.15, 0.2) is 52.5 Å². The maximum Gasteiger partial charge on any atom is 0.146 e. The summed E-state index contributed by atoms with van der Waals surface area (Å²) < 4.78 is 5.58. The van der Waals surface area contributed by atoms with Crippen molar-refractivity contribution >= 4 is 17.9 Å². The van der Waals surface area contributed by atoms with Crippen molar-refractivity contribution in [3.63, 3.8) is 0 Å². The van der Waals surface area contributed by atoms with Crippen LogP contribution in [0, 0.1) is 0 Å². The Kier molecular flexibility index (Phi) is 6.75. The molecule has 3 heterocycles. The quantitative estimate of drug-likeness (QED) is 0.498. The molecule has 0 aromatic carbocycles. The van der Waals surface area contributed by atoms with Gasteiger partial charge in [-0.1, -0.05) is 37.8 Å². The molecule has 1 aliphatic heterocycles. The van der Waals surface area contributed by atoms with E-state index in [-0.39, 0.29) is 0 Å². The molecule has 2 aromatic rings. The van der Waals surface area contributed by atoms with E-state index in [2.05, 4.69) is 49.0 Å². The smallest absolute Gasteiger partial charge is 0.146 e. The summed E-state index contributed by atoms with van der Waals surface area (Å²) in [5.41, 5.74) is 7.58. The highest BCUT2D eigenvalue weighted by atomic mass is 16.5. The van der Waals surface area contributed by atoms with Crippen molar-refractivity contribution in [1.29, 1.82) is 0 Å². The Morgan fingerprint density at radius 1 is 1.21 bits per heavy atom. The largest absolute Gasteiger partial charge is 0.494 e. The molecule has 0 radical (unpaired) electrons. The molecule has 0 fully saturated rings. The minimum absolute atomic E-state index is 0.784. The lowest BCUT2D eigenvalue weighted by Crippen LogP contribution is -1.93. The number of nitrogens with one attached hydrogen (secondary N) is 2. The fourth-order valence-corrected chi connectivity index (χ4v) is 3.42. The van der Waals surface area contributed by atoms with Crippen LogP contribution in [0.5, 0.6) is 0 Å². The highest BCUT2D eigenvalue weighted by molar-refractivity contribution is 6.11. The fraction of sp³-hybridized carbons (Fsp3) is 0.375. The van der Waals surface area contributed by atoms with Gasteiger partial charge in [-0.15, -0.1) is 0 Å². The highest BCUT2D eigenvalue weighted by Gasteiger charge is 2.18. The van der Waals surface area contributed by atoms with Gasteiger partial charge in [0, 0.05) is 23.7 Å². The predicted octanol–water partition coefficient (Wildman–Crippen LogP) is 6.26. The zero-order chi connectivity index (χ0) is 19.9. The Labute approximate surface area is 168 Å². The Morgan fingerprint density at radius 2 is 2.07 bits per heavy atom. The van der Waals surface area contributed by atoms with E-state index in [1.54, 1.807) is 7.11 Å². The molecule has 4 heteroatoms. The van der Waals surface area contributed by atoms with Gasteiger partial charge < -0.3 is 14.7 Å². The second-order valence-electron chi connectivity index (χ2n) is 7.52. The summed E-state index contributed by atoms with van der Waals surface area (Å²) in [5.74, 6) is 0.784. The minimum Gasteiger partial charge on any atom is -0.494 e. The molecule has 148 valence electrons. The second kappa shape index (κ2) is 9.45. The van der Waals surface area contributed by atoms with Crippen LogP contribution >= 0.6 is 0 Å². The second-order valence-corrected chi connectivity index (χ2v) is 7.52. The number of hydrogen-bond acceptors (Lipinski definition) is 2. The predicted molar refractivity (Wildman–Crippen MR) is 118 cm³/mol. The average molecular weight is 378 g/mol. The summed E-state index contributed by atoms with van der Waals surface area (Å²) in [7, 11) is 1.69. The molecule has 2 aromatic heterocycles. The number of rotatable bonds is 9. The SMILES string of the molecule is CCCCCCc1cc(C=C(C)C)c(/C=C2/N=C(c3ccc[nH]3)C=C2OC)[nH]1. The molecule has 0 spiro atoms. The van der Waals surface area contributed by atoms with Crippen molar-refractivity contribution in [2.75, 3.05) is 7.11 Å². The van der Waals surface area contributed by atoms with E-state index < -0.39 is 0 Å². The number of aromatic nitrogens is 2. The van der Waals surface area contributed by atoms with Crippen LogP contribution in [0.1, 0.15) is 69.1 Å². The number of aromatic amines is 2. The first-order valence-corrected chi connectivity index (χ1v) is 10.2. The first-order chi connectivity index (χ1) is 13.6. The Morgan fingerprint density at radius 3 is 2.75 bits per heavy atom. The van der Waals surface area contributed by atoms with Gasteiger partial charge >= 0.3 is 0 Å². The molecular formula is C24H31N3O. The van der Waals surface area contributed by atoms with Crippen molar-refractivity contribution in [2.45, 2.75) is 52.9 Å². The molecule has 0 aliphatic carbocycles. The van der Waals surface area contributed by atoms with Gasteiger partial charge in [0.2, 0.25) is 0 Å². The molecule has 0 atom stereocenters. The van der Waals surface area contributed by atoms with Crippen molar-refractivity contribution in [2.24, 2.45) is 4.99 Å². The van der Waals surface area contributed by atoms with Crippen LogP contribution < -0.4 is 0 Å². The topological polar surface area (TPSA) is 53.2 Å². The Bertz CT molecular complexity index is 904. The van der Waals surface area contributed by atoms with Crippen LogP contribution in [0.2, 0.25) is 0 Å². The van der Waals surface area contributed by atoms with Crippen LogP contribution in [0.25, 0.3) is 12.2 Å². The standard InChI is InChI=1S/C24H31N3O/c1-5-6-7-8-10-19-14-18(13-17(2)3)21(26-19)15-23-24(28-4)16-22(27-23)20-11-9-12-25-20/h9,11-16,25-26H,5-8,10H2,1-4H3/b23-15+. The van der Waals surface area contributed by atoms with E-state index in [0.717, 1.165) is 35.0 Å². The number of allylic oxidation sites excluding steroid dienone is 2. The summed E-state index contributed by atoms with van der Waals surface area (Å²) in [5, 5.41) is 0. The first kappa shape index (κ1) is 20.0. The zero-order valence-corrected chi connectivity index (χ0v) is 17.4. The van der Waals surface area contributed by atoms with E-state index >= 15 is 0 Å². The third kappa shape index (κ3) is 4.94. The normalized spacial score (nSPS) is 14.9. The van der Waals surface area contributed by atoms with Gasteiger partial charge in [-0.3, -0.25) is 0 Å². The monoisotopic (exact) mass is 377 g/mol. The lowest BCUT2D eigenvalue weighted by Gasteiger charge is -2.02. The number of aryl methyl sites for hydroxylation is 1. The number of nitrogens with zero attached hydrogens (tertiary/aromatic N) is 1. The molecule has 0 saturated carbocycles. The van der Waals surface area contributed by atoms with Crippen molar-refractivity contribution in [3.05, 3.63) is 70.1 Å². The summed E-state index contributed by atoms with van der Waals surface area (Å²) in [4.78, 5) is 11.6. The third-order valence-corrected chi connectivity index (χ3v) is 4.82. The minimum atomic E-state index is 0.784. The van der Waals surface area contributed by atoms with Gasteiger partial charge in [0.05, 0.1) is 18.5 Å². The van der Waals surface area contributed by atoms with Gasteiger partial charge in [0.25, 0.3) is 0 Å². The average Bonchev–Trinajstić information content (AvgIpc) is 3.39. The van der Waals surface area contributed by atoms with Crippen LogP contribution in [0.3, 0.4) is 0 Å². The van der Waals surface area contributed by atoms with E-state index in [0.29, 0.717) is 0 Å². The lowest BCUT2D eigenvalue weighted by molar-refractivity contribution is 0.303. The van der Waals surface area contributed by atoms with Crippen molar-refractivity contribution in [1.82, 2.24) is 9.97 Å². The van der Waals surface area contributed by atoms with Gasteiger partial charge in [-0.25, -0.2) is 4.99 Å². The maximum absolute atomic E-state index is 5.58. The van der Waals surface area contributed by atoms with Crippen molar-refractivity contribution < 1.29 is 4.74 Å². The number of aliphatic imine (C=N–C) groups is 1. The number of hydrogen-bond donors (Lipinski definition) is 2. The maximum atomic E-state index is 5.58. The Hall–Kier alpha value is -2.75. The van der Waals surface area contributed by atoms with E-state index in [4.69, 9.17) is 9.73 Å². The number of unbranched alkanes of at least 4 members (excludes halogenated alkanes) is 3.